The Kier molecular flexibility index (Phi) is 4.09. The molecule has 6 nitrogen and oxygen atoms in total. The molecule has 0 amide bonds. The molecule has 0 spiro atoms. The molecule has 154 valence electrons. The molecule has 0 unspecified atom stereocenters. The number of para-hydroxylation sites is 2. The van der Waals surface area contributed by atoms with Gasteiger partial charge < -0.3 is 0 Å². The highest BCUT2D eigenvalue weighted by Gasteiger charge is 2.23. The van der Waals surface area contributed by atoms with Crippen LogP contribution in [-0.2, 0) is 0 Å². The standard InChI is InChI=1S/C24H20FN5O/c25-15-10-12-17(13-11-15)30-22-20(21-23(30)28-19-9-5-4-8-18(19)27-21)24(31)29(14-26-22)16-6-2-1-3-7-16/h4-5,8-14,16H,1-3,6-7H2. The molecule has 7 heteroatoms. The first-order chi connectivity index (χ1) is 15.2. The van der Waals surface area contributed by atoms with Crippen LogP contribution in [0.2, 0.25) is 0 Å². The lowest BCUT2D eigenvalue weighted by atomic mass is 9.95. The zero-order valence-corrected chi connectivity index (χ0v) is 16.8. The minimum Gasteiger partial charge on any atom is -0.295 e. The molecule has 3 aromatic heterocycles. The van der Waals surface area contributed by atoms with Crippen molar-refractivity contribution in [3.8, 4) is 5.69 Å². The smallest absolute Gasteiger partial charge is 0.265 e. The first kappa shape index (κ1) is 18.2. The lowest BCUT2D eigenvalue weighted by molar-refractivity contribution is 0.345. The van der Waals surface area contributed by atoms with E-state index in [0.717, 1.165) is 36.7 Å². The van der Waals surface area contributed by atoms with Gasteiger partial charge in [-0.2, -0.15) is 0 Å². The molecule has 5 aromatic rings. The molecule has 3 heterocycles. The van der Waals surface area contributed by atoms with Crippen molar-refractivity contribution in [3.05, 3.63) is 71.0 Å². The number of aromatic nitrogens is 5. The van der Waals surface area contributed by atoms with Crippen molar-refractivity contribution in [1.29, 1.82) is 0 Å². The first-order valence-electron chi connectivity index (χ1n) is 10.6. The number of hydrogen-bond acceptors (Lipinski definition) is 4. The van der Waals surface area contributed by atoms with E-state index in [4.69, 9.17) is 15.0 Å². The third-order valence-electron chi connectivity index (χ3n) is 6.24. The lowest BCUT2D eigenvalue weighted by Gasteiger charge is -2.23. The summed E-state index contributed by atoms with van der Waals surface area (Å²) in [7, 11) is 0. The molecule has 0 saturated heterocycles. The van der Waals surface area contributed by atoms with Crippen molar-refractivity contribution >= 4 is 33.2 Å². The summed E-state index contributed by atoms with van der Waals surface area (Å²) in [5.74, 6) is -0.325. The third-order valence-corrected chi connectivity index (χ3v) is 6.24. The lowest BCUT2D eigenvalue weighted by Crippen LogP contribution is -2.26. The van der Waals surface area contributed by atoms with Gasteiger partial charge in [-0.3, -0.25) is 13.9 Å². The fourth-order valence-electron chi connectivity index (χ4n) is 4.70. The van der Waals surface area contributed by atoms with Gasteiger partial charge in [0.15, 0.2) is 11.3 Å². The fourth-order valence-corrected chi connectivity index (χ4v) is 4.70. The Morgan fingerprint density at radius 2 is 1.58 bits per heavy atom. The van der Waals surface area contributed by atoms with Gasteiger partial charge >= 0.3 is 0 Å². The topological polar surface area (TPSA) is 65.6 Å². The van der Waals surface area contributed by atoms with Crippen LogP contribution in [0.25, 0.3) is 38.9 Å². The molecule has 1 fully saturated rings. The number of hydrogen-bond donors (Lipinski definition) is 0. The third kappa shape index (κ3) is 2.84. The SMILES string of the molecule is O=c1c2c3nc4ccccc4nc3n(-c3ccc(F)cc3)c2ncn1C1CCCCC1. The van der Waals surface area contributed by atoms with Crippen molar-refractivity contribution in [2.45, 2.75) is 38.1 Å². The zero-order chi connectivity index (χ0) is 20.9. The minimum absolute atomic E-state index is 0.0904. The maximum Gasteiger partial charge on any atom is 0.265 e. The summed E-state index contributed by atoms with van der Waals surface area (Å²) in [6, 6.07) is 13.9. The number of nitrogens with zero attached hydrogens (tertiary/aromatic N) is 5. The molecule has 0 radical (unpaired) electrons. The van der Waals surface area contributed by atoms with Crippen molar-refractivity contribution in [3.63, 3.8) is 0 Å². The van der Waals surface area contributed by atoms with Gasteiger partial charge in [0, 0.05) is 11.7 Å². The Labute approximate surface area is 177 Å². The van der Waals surface area contributed by atoms with Crippen LogP contribution < -0.4 is 5.56 Å². The molecule has 0 bridgehead atoms. The van der Waals surface area contributed by atoms with E-state index < -0.39 is 0 Å². The van der Waals surface area contributed by atoms with Crippen LogP contribution in [0.4, 0.5) is 4.39 Å². The number of fused-ring (bicyclic) bond motifs is 4. The maximum atomic E-state index is 13.7. The van der Waals surface area contributed by atoms with E-state index in [0.29, 0.717) is 27.9 Å². The summed E-state index contributed by atoms with van der Waals surface area (Å²) >= 11 is 0. The second-order valence-corrected chi connectivity index (χ2v) is 8.14. The van der Waals surface area contributed by atoms with Crippen molar-refractivity contribution in [1.82, 2.24) is 24.1 Å². The Hall–Kier alpha value is -3.61. The summed E-state index contributed by atoms with van der Waals surface area (Å²) < 4.78 is 17.2. The van der Waals surface area contributed by atoms with E-state index in [2.05, 4.69) is 0 Å². The van der Waals surface area contributed by atoms with Crippen LogP contribution in [0.1, 0.15) is 38.1 Å². The molecule has 0 N–H and O–H groups in total. The molecule has 0 aliphatic heterocycles. The average molecular weight is 413 g/mol. The van der Waals surface area contributed by atoms with E-state index in [-0.39, 0.29) is 17.4 Å². The van der Waals surface area contributed by atoms with Gasteiger partial charge in [0.2, 0.25) is 0 Å². The summed E-state index contributed by atoms with van der Waals surface area (Å²) in [5.41, 5.74) is 3.62. The van der Waals surface area contributed by atoms with Crippen molar-refractivity contribution < 1.29 is 4.39 Å². The van der Waals surface area contributed by atoms with Crippen LogP contribution in [0.3, 0.4) is 0 Å². The van der Waals surface area contributed by atoms with E-state index in [1.165, 1.54) is 18.6 Å². The molecule has 0 atom stereocenters. The van der Waals surface area contributed by atoms with Crippen LogP contribution in [0.5, 0.6) is 0 Å². The Morgan fingerprint density at radius 3 is 2.32 bits per heavy atom. The monoisotopic (exact) mass is 413 g/mol. The molecule has 31 heavy (non-hydrogen) atoms. The molecule has 1 aliphatic rings. The molecule has 2 aromatic carbocycles. The van der Waals surface area contributed by atoms with Gasteiger partial charge in [0.1, 0.15) is 23.0 Å². The summed E-state index contributed by atoms with van der Waals surface area (Å²) in [6.45, 7) is 0. The molecule has 6 rings (SSSR count). The Morgan fingerprint density at radius 1 is 0.871 bits per heavy atom. The number of rotatable bonds is 2. The predicted molar refractivity (Wildman–Crippen MR) is 118 cm³/mol. The quantitative estimate of drug-likeness (QED) is 0.412. The first-order valence-corrected chi connectivity index (χ1v) is 10.6. The van der Waals surface area contributed by atoms with Crippen molar-refractivity contribution in [2.24, 2.45) is 0 Å². The number of halogens is 1. The number of benzene rings is 2. The van der Waals surface area contributed by atoms with Crippen LogP contribution >= 0.6 is 0 Å². The van der Waals surface area contributed by atoms with Gasteiger partial charge in [-0.05, 0) is 49.2 Å². The van der Waals surface area contributed by atoms with Crippen LogP contribution in [0, 0.1) is 5.82 Å². The van der Waals surface area contributed by atoms with Crippen molar-refractivity contribution in [2.75, 3.05) is 0 Å². The molecule has 1 saturated carbocycles. The molecule has 1 aliphatic carbocycles. The average Bonchev–Trinajstić information content (AvgIpc) is 3.13. The normalized spacial score (nSPS) is 15.3. The summed E-state index contributed by atoms with van der Waals surface area (Å²) in [6.07, 6.45) is 7.08. The second kappa shape index (κ2) is 6.97. The minimum atomic E-state index is -0.325. The van der Waals surface area contributed by atoms with Gasteiger partial charge in [0.05, 0.1) is 11.0 Å². The van der Waals surface area contributed by atoms with Gasteiger partial charge in [-0.1, -0.05) is 31.4 Å². The maximum absolute atomic E-state index is 13.7. The van der Waals surface area contributed by atoms with Gasteiger partial charge in [-0.25, -0.2) is 19.3 Å². The van der Waals surface area contributed by atoms with Crippen LogP contribution in [-0.4, -0.2) is 24.1 Å². The highest BCUT2D eigenvalue weighted by molar-refractivity contribution is 6.05. The van der Waals surface area contributed by atoms with E-state index in [9.17, 15) is 9.18 Å². The fraction of sp³-hybridized carbons (Fsp3) is 0.250. The Balaban J connectivity index is 1.72. The molecular formula is C24H20FN5O. The van der Waals surface area contributed by atoms with Gasteiger partial charge in [-0.15, -0.1) is 0 Å². The van der Waals surface area contributed by atoms with Crippen LogP contribution in [0.15, 0.2) is 59.7 Å². The predicted octanol–water partition coefficient (Wildman–Crippen LogP) is 4.93. The summed E-state index contributed by atoms with van der Waals surface area (Å²) in [5, 5.41) is 0.464. The second-order valence-electron chi connectivity index (χ2n) is 8.14. The zero-order valence-electron chi connectivity index (χ0n) is 16.8. The summed E-state index contributed by atoms with van der Waals surface area (Å²) in [4.78, 5) is 28.0. The highest BCUT2D eigenvalue weighted by atomic mass is 19.1. The Bertz CT molecular complexity index is 1500. The molecular weight excluding hydrogens is 393 g/mol. The van der Waals surface area contributed by atoms with E-state index >= 15 is 0 Å². The van der Waals surface area contributed by atoms with Gasteiger partial charge in [0.25, 0.3) is 5.56 Å². The highest BCUT2D eigenvalue weighted by Crippen LogP contribution is 2.31. The van der Waals surface area contributed by atoms with E-state index in [1.807, 2.05) is 24.3 Å². The van der Waals surface area contributed by atoms with E-state index in [1.54, 1.807) is 27.6 Å². The largest absolute Gasteiger partial charge is 0.295 e.